The molecule has 0 atom stereocenters. The van der Waals surface area contributed by atoms with Gasteiger partial charge in [-0.15, -0.1) is 0 Å². The Morgan fingerprint density at radius 3 is 2.20 bits per heavy atom. The molecule has 0 aromatic rings. The smallest absolute Gasteiger partial charge is 0.379 e. The van der Waals surface area contributed by atoms with Crippen molar-refractivity contribution in [2.45, 2.75) is 13.8 Å². The lowest BCUT2D eigenvalue weighted by molar-refractivity contribution is -0.149. The minimum atomic E-state index is -0.810. The van der Waals surface area contributed by atoms with Gasteiger partial charge in [-0.2, -0.15) is 0 Å². The highest BCUT2D eigenvalue weighted by atomic mass is 16.5. The van der Waals surface area contributed by atoms with Crippen LogP contribution in [0.4, 0.5) is 0 Å². The van der Waals surface area contributed by atoms with E-state index in [1.165, 1.54) is 7.11 Å². The number of ether oxygens (including phenoxy) is 1. The number of carbonyl (C=O) groups excluding carboxylic acids is 2. The van der Waals surface area contributed by atoms with E-state index in [9.17, 15) is 9.59 Å². The molecule has 10 heavy (non-hydrogen) atoms. The molecular formula is C7H10O3. The molecule has 0 fully saturated rings. The van der Waals surface area contributed by atoms with Gasteiger partial charge in [0.2, 0.25) is 0 Å². The highest BCUT2D eigenvalue weighted by molar-refractivity contribution is 6.40. The fourth-order valence-corrected chi connectivity index (χ4v) is 0.385. The van der Waals surface area contributed by atoms with E-state index < -0.39 is 11.8 Å². The van der Waals surface area contributed by atoms with Crippen LogP contribution in [-0.2, 0) is 14.3 Å². The molecule has 0 N–H and O–H groups in total. The van der Waals surface area contributed by atoms with E-state index in [1.54, 1.807) is 19.9 Å². The number of esters is 1. The highest BCUT2D eigenvalue weighted by Crippen LogP contribution is 1.94. The zero-order valence-corrected chi connectivity index (χ0v) is 6.30. The van der Waals surface area contributed by atoms with Crippen LogP contribution in [0, 0.1) is 0 Å². The van der Waals surface area contributed by atoms with Crippen molar-refractivity contribution in [1.29, 1.82) is 0 Å². The van der Waals surface area contributed by atoms with Crippen LogP contribution in [0.15, 0.2) is 11.6 Å². The van der Waals surface area contributed by atoms with Crippen molar-refractivity contribution in [3.63, 3.8) is 0 Å². The molecule has 0 radical (unpaired) electrons. The Bertz CT molecular complexity index is 179. The lowest BCUT2D eigenvalue weighted by Crippen LogP contribution is -2.15. The van der Waals surface area contributed by atoms with Crippen molar-refractivity contribution in [3.8, 4) is 0 Å². The zero-order chi connectivity index (χ0) is 8.15. The van der Waals surface area contributed by atoms with Crippen molar-refractivity contribution in [3.05, 3.63) is 11.6 Å². The summed E-state index contributed by atoms with van der Waals surface area (Å²) in [7, 11) is 1.18. The highest BCUT2D eigenvalue weighted by Gasteiger charge is 2.14. The van der Waals surface area contributed by atoms with Crippen molar-refractivity contribution in [1.82, 2.24) is 0 Å². The molecule has 0 aromatic heterocycles. The SMILES string of the molecule is C/C=C(\C)C(=O)C(=O)OC. The molecule has 0 spiro atoms. The van der Waals surface area contributed by atoms with Gasteiger partial charge in [0.05, 0.1) is 7.11 Å². The number of rotatable bonds is 2. The van der Waals surface area contributed by atoms with Gasteiger partial charge in [-0.3, -0.25) is 4.79 Å². The quantitative estimate of drug-likeness (QED) is 0.324. The van der Waals surface area contributed by atoms with Crippen molar-refractivity contribution < 1.29 is 14.3 Å². The van der Waals surface area contributed by atoms with Crippen molar-refractivity contribution in [2.75, 3.05) is 7.11 Å². The molecular weight excluding hydrogens is 132 g/mol. The Morgan fingerprint density at radius 1 is 1.40 bits per heavy atom. The number of hydrogen-bond donors (Lipinski definition) is 0. The Labute approximate surface area is 59.7 Å². The number of methoxy groups -OCH3 is 1. The third kappa shape index (κ3) is 2.01. The van der Waals surface area contributed by atoms with Crippen molar-refractivity contribution >= 4 is 11.8 Å². The second kappa shape index (κ2) is 3.82. The summed E-state index contributed by atoms with van der Waals surface area (Å²) in [5.74, 6) is -1.39. The monoisotopic (exact) mass is 142 g/mol. The summed E-state index contributed by atoms with van der Waals surface area (Å²) in [4.78, 5) is 21.3. The Kier molecular flexibility index (Phi) is 3.39. The lowest BCUT2D eigenvalue weighted by atomic mass is 10.2. The maximum atomic E-state index is 10.8. The number of carbonyl (C=O) groups is 2. The first-order chi connectivity index (χ1) is 4.63. The van der Waals surface area contributed by atoms with Crippen LogP contribution < -0.4 is 0 Å². The van der Waals surface area contributed by atoms with Gasteiger partial charge in [-0.25, -0.2) is 4.79 Å². The molecule has 56 valence electrons. The number of allylic oxidation sites excluding steroid dienone is 1. The first-order valence-electron chi connectivity index (χ1n) is 2.89. The van der Waals surface area contributed by atoms with Crippen molar-refractivity contribution in [2.24, 2.45) is 0 Å². The van der Waals surface area contributed by atoms with Gasteiger partial charge < -0.3 is 4.74 Å². The fraction of sp³-hybridized carbons (Fsp3) is 0.429. The van der Waals surface area contributed by atoms with E-state index in [2.05, 4.69) is 4.74 Å². The summed E-state index contributed by atoms with van der Waals surface area (Å²) in [6.07, 6.45) is 1.57. The topological polar surface area (TPSA) is 43.4 Å². The minimum Gasteiger partial charge on any atom is -0.463 e. The molecule has 0 aromatic carbocycles. The van der Waals surface area contributed by atoms with Gasteiger partial charge in [-0.05, 0) is 19.4 Å². The standard InChI is InChI=1S/C7H10O3/c1-4-5(2)6(8)7(9)10-3/h4H,1-3H3/b5-4+. The molecule has 0 aliphatic rings. The van der Waals surface area contributed by atoms with Crippen LogP contribution >= 0.6 is 0 Å². The van der Waals surface area contributed by atoms with Crippen LogP contribution in [-0.4, -0.2) is 18.9 Å². The Balaban J connectivity index is 4.23. The average Bonchev–Trinajstić information content (AvgIpc) is 2.00. The number of hydrogen-bond acceptors (Lipinski definition) is 3. The van der Waals surface area contributed by atoms with Gasteiger partial charge in [-0.1, -0.05) is 6.08 Å². The maximum absolute atomic E-state index is 10.8. The van der Waals surface area contributed by atoms with E-state index in [0.29, 0.717) is 5.57 Å². The molecule has 0 amide bonds. The third-order valence-corrected chi connectivity index (χ3v) is 1.16. The maximum Gasteiger partial charge on any atom is 0.379 e. The van der Waals surface area contributed by atoms with Crippen LogP contribution in [0.1, 0.15) is 13.8 Å². The summed E-state index contributed by atoms with van der Waals surface area (Å²) in [5, 5.41) is 0. The molecule has 0 heterocycles. The molecule has 3 heteroatoms. The van der Waals surface area contributed by atoms with Crippen LogP contribution in [0.25, 0.3) is 0 Å². The summed E-state index contributed by atoms with van der Waals surface area (Å²) in [6.45, 7) is 3.26. The predicted molar refractivity (Wildman–Crippen MR) is 36.5 cm³/mol. The van der Waals surface area contributed by atoms with Crippen LogP contribution in [0.3, 0.4) is 0 Å². The number of ketones is 1. The van der Waals surface area contributed by atoms with E-state index in [4.69, 9.17) is 0 Å². The summed E-state index contributed by atoms with van der Waals surface area (Å²) >= 11 is 0. The lowest BCUT2D eigenvalue weighted by Gasteiger charge is -1.95. The Morgan fingerprint density at radius 2 is 1.90 bits per heavy atom. The summed E-state index contributed by atoms with van der Waals surface area (Å²) < 4.78 is 4.21. The van der Waals surface area contributed by atoms with Gasteiger partial charge in [0.15, 0.2) is 0 Å². The summed E-state index contributed by atoms with van der Waals surface area (Å²) in [5.41, 5.74) is 0.409. The molecule has 0 aliphatic heterocycles. The van der Waals surface area contributed by atoms with Crippen LogP contribution in [0.5, 0.6) is 0 Å². The molecule has 0 saturated carbocycles. The minimum absolute atomic E-state index is 0.409. The van der Waals surface area contributed by atoms with Gasteiger partial charge in [0, 0.05) is 0 Å². The average molecular weight is 142 g/mol. The first kappa shape index (κ1) is 8.88. The first-order valence-corrected chi connectivity index (χ1v) is 2.89. The largest absolute Gasteiger partial charge is 0.463 e. The Hall–Kier alpha value is -1.12. The normalized spacial score (nSPS) is 10.9. The van der Waals surface area contributed by atoms with E-state index >= 15 is 0 Å². The van der Waals surface area contributed by atoms with Gasteiger partial charge >= 0.3 is 5.97 Å². The van der Waals surface area contributed by atoms with E-state index in [0.717, 1.165) is 0 Å². The van der Waals surface area contributed by atoms with Gasteiger partial charge in [0.25, 0.3) is 5.78 Å². The molecule has 3 nitrogen and oxygen atoms in total. The predicted octanol–water partition coefficient (Wildman–Crippen LogP) is 0.695. The molecule has 0 bridgehead atoms. The molecule has 0 rings (SSSR count). The third-order valence-electron chi connectivity index (χ3n) is 1.16. The zero-order valence-electron chi connectivity index (χ0n) is 6.30. The molecule has 0 saturated heterocycles. The fourth-order valence-electron chi connectivity index (χ4n) is 0.385. The second-order valence-corrected chi connectivity index (χ2v) is 1.79. The van der Waals surface area contributed by atoms with E-state index in [-0.39, 0.29) is 0 Å². The number of Topliss-reactive ketones (excluding diaryl/α,β-unsaturated/α-hetero) is 1. The molecule has 0 aliphatic carbocycles. The second-order valence-electron chi connectivity index (χ2n) is 1.79. The van der Waals surface area contributed by atoms with E-state index in [1.807, 2.05) is 0 Å². The van der Waals surface area contributed by atoms with Gasteiger partial charge in [0.1, 0.15) is 0 Å². The molecule has 0 unspecified atom stereocenters. The summed E-state index contributed by atoms with van der Waals surface area (Å²) in [6, 6.07) is 0. The van der Waals surface area contributed by atoms with Crippen LogP contribution in [0.2, 0.25) is 0 Å².